The van der Waals surface area contributed by atoms with Crippen molar-refractivity contribution in [3.63, 3.8) is 0 Å². The van der Waals surface area contributed by atoms with Crippen LogP contribution in [0.1, 0.15) is 33.8 Å². The van der Waals surface area contributed by atoms with Crippen molar-refractivity contribution in [2.75, 3.05) is 12.0 Å². The van der Waals surface area contributed by atoms with Crippen molar-refractivity contribution in [3.05, 3.63) is 143 Å². The highest BCUT2D eigenvalue weighted by atomic mass is 32.2. The number of nitro groups is 1. The van der Waals surface area contributed by atoms with E-state index in [-0.39, 0.29) is 17.8 Å². The zero-order valence-corrected chi connectivity index (χ0v) is 24.5. The molecule has 5 aromatic rings. The molecule has 43 heavy (non-hydrogen) atoms. The predicted octanol–water partition coefficient (Wildman–Crippen LogP) is 6.90. The van der Waals surface area contributed by atoms with Crippen LogP contribution in [-0.2, 0) is 4.74 Å². The van der Waals surface area contributed by atoms with Gasteiger partial charge < -0.3 is 19.5 Å². The zero-order chi connectivity index (χ0) is 29.9. The number of ether oxygens (including phenoxy) is 1. The second-order valence-electron chi connectivity index (χ2n) is 9.66. The molecule has 0 amide bonds. The van der Waals surface area contributed by atoms with E-state index in [1.165, 1.54) is 31.0 Å². The SMILES string of the molecule is COC(=O)c1ccccc1-n1cccc1[C@@H]1[C@@H](c2ccccn2)NC(=S)N1c1ccc(Sc2ccc([N+](=O)[O-])cc2)cc1. The van der Waals surface area contributed by atoms with Gasteiger partial charge in [0, 0.05) is 45.7 Å². The number of hydrogen-bond donors (Lipinski definition) is 1. The highest BCUT2D eigenvalue weighted by molar-refractivity contribution is 7.99. The van der Waals surface area contributed by atoms with Gasteiger partial charge >= 0.3 is 5.97 Å². The zero-order valence-electron chi connectivity index (χ0n) is 22.9. The van der Waals surface area contributed by atoms with E-state index in [0.29, 0.717) is 16.4 Å². The van der Waals surface area contributed by atoms with Gasteiger partial charge in [0.1, 0.15) is 6.04 Å². The number of thiocarbonyl (C=S) groups is 1. The van der Waals surface area contributed by atoms with Crippen molar-refractivity contribution < 1.29 is 14.5 Å². The van der Waals surface area contributed by atoms with Crippen LogP contribution in [-0.4, -0.2) is 32.7 Å². The van der Waals surface area contributed by atoms with Crippen LogP contribution in [0.25, 0.3) is 5.69 Å². The molecule has 1 saturated heterocycles. The Balaban J connectivity index is 1.38. The first-order valence-electron chi connectivity index (χ1n) is 13.3. The molecule has 0 saturated carbocycles. The number of pyridine rings is 1. The second kappa shape index (κ2) is 12.1. The minimum Gasteiger partial charge on any atom is -0.465 e. The van der Waals surface area contributed by atoms with Gasteiger partial charge in [0.05, 0.1) is 35.0 Å². The summed E-state index contributed by atoms with van der Waals surface area (Å²) in [5, 5.41) is 15.0. The van der Waals surface area contributed by atoms with Crippen molar-refractivity contribution >= 4 is 46.4 Å². The summed E-state index contributed by atoms with van der Waals surface area (Å²) in [6, 6.07) is 31.0. The number of nitrogens with one attached hydrogen (secondary N) is 1. The fourth-order valence-corrected chi connectivity index (χ4v) is 6.36. The van der Waals surface area contributed by atoms with Gasteiger partial charge in [0.25, 0.3) is 5.69 Å². The fraction of sp³-hybridized carbons (Fsp3) is 0.0938. The monoisotopic (exact) mass is 607 g/mol. The van der Waals surface area contributed by atoms with Crippen LogP contribution < -0.4 is 10.2 Å². The molecule has 6 rings (SSSR count). The number of nitrogens with zero attached hydrogens (tertiary/aromatic N) is 4. The summed E-state index contributed by atoms with van der Waals surface area (Å²) in [6.45, 7) is 0. The highest BCUT2D eigenvalue weighted by Crippen LogP contribution is 2.43. The number of carbonyl (C=O) groups is 1. The van der Waals surface area contributed by atoms with Gasteiger partial charge in [-0.1, -0.05) is 30.0 Å². The number of benzene rings is 3. The normalized spacial score (nSPS) is 16.1. The van der Waals surface area contributed by atoms with Crippen LogP contribution in [0, 0.1) is 10.1 Å². The average molecular weight is 608 g/mol. The topological polar surface area (TPSA) is 103 Å². The van der Waals surface area contributed by atoms with Crippen LogP contribution in [0.4, 0.5) is 11.4 Å². The van der Waals surface area contributed by atoms with Crippen LogP contribution in [0.3, 0.4) is 0 Å². The Hall–Kier alpha value is -5.00. The van der Waals surface area contributed by atoms with E-state index in [4.69, 9.17) is 17.0 Å². The van der Waals surface area contributed by atoms with Gasteiger partial charge in [0.2, 0.25) is 0 Å². The van der Waals surface area contributed by atoms with Crippen molar-refractivity contribution in [3.8, 4) is 5.69 Å². The molecule has 1 N–H and O–H groups in total. The van der Waals surface area contributed by atoms with E-state index >= 15 is 0 Å². The number of hydrogen-bond acceptors (Lipinski definition) is 7. The Morgan fingerprint density at radius 2 is 1.65 bits per heavy atom. The first-order valence-corrected chi connectivity index (χ1v) is 14.5. The molecule has 3 heterocycles. The molecule has 1 aliphatic rings. The molecule has 3 aromatic carbocycles. The van der Waals surface area contributed by atoms with Crippen LogP contribution >= 0.6 is 24.0 Å². The van der Waals surface area contributed by atoms with E-state index in [1.807, 2.05) is 83.6 Å². The number of aromatic nitrogens is 2. The molecule has 11 heteroatoms. The molecular weight excluding hydrogens is 583 g/mol. The molecule has 0 bridgehead atoms. The summed E-state index contributed by atoms with van der Waals surface area (Å²) in [7, 11) is 1.37. The summed E-state index contributed by atoms with van der Waals surface area (Å²) in [5.74, 6) is -0.422. The third kappa shape index (κ3) is 5.60. The summed E-state index contributed by atoms with van der Waals surface area (Å²) in [4.78, 5) is 31.9. The number of anilines is 1. The Morgan fingerprint density at radius 3 is 2.33 bits per heavy atom. The average Bonchev–Trinajstić information content (AvgIpc) is 3.66. The predicted molar refractivity (Wildman–Crippen MR) is 169 cm³/mol. The van der Waals surface area contributed by atoms with Crippen LogP contribution in [0.5, 0.6) is 0 Å². The number of rotatable bonds is 8. The Kier molecular flexibility index (Phi) is 7.91. The lowest BCUT2D eigenvalue weighted by atomic mass is 10.0. The highest BCUT2D eigenvalue weighted by Gasteiger charge is 2.42. The minimum atomic E-state index is -0.422. The van der Waals surface area contributed by atoms with Crippen molar-refractivity contribution in [1.82, 2.24) is 14.9 Å². The number of methoxy groups -OCH3 is 1. The summed E-state index contributed by atoms with van der Waals surface area (Å²) < 4.78 is 7.06. The van der Waals surface area contributed by atoms with Gasteiger partial charge in [-0.2, -0.15) is 0 Å². The van der Waals surface area contributed by atoms with E-state index < -0.39 is 10.9 Å². The van der Waals surface area contributed by atoms with Gasteiger partial charge in [-0.3, -0.25) is 15.1 Å². The maximum Gasteiger partial charge on any atom is 0.339 e. The fourth-order valence-electron chi connectivity index (χ4n) is 5.20. The molecule has 0 unspecified atom stereocenters. The Bertz CT molecular complexity index is 1790. The van der Waals surface area contributed by atoms with Crippen LogP contribution in [0.15, 0.2) is 125 Å². The van der Waals surface area contributed by atoms with Gasteiger partial charge in [-0.15, -0.1) is 0 Å². The van der Waals surface area contributed by atoms with Gasteiger partial charge in [0.15, 0.2) is 5.11 Å². The first-order chi connectivity index (χ1) is 20.9. The lowest BCUT2D eigenvalue weighted by molar-refractivity contribution is -0.384. The maximum atomic E-state index is 12.7. The lowest BCUT2D eigenvalue weighted by Crippen LogP contribution is -2.30. The molecule has 0 spiro atoms. The van der Waals surface area contributed by atoms with E-state index in [0.717, 1.165) is 26.9 Å². The third-order valence-electron chi connectivity index (χ3n) is 7.15. The summed E-state index contributed by atoms with van der Waals surface area (Å²) in [6.07, 6.45) is 3.69. The first kappa shape index (κ1) is 28.1. The molecule has 2 atom stereocenters. The van der Waals surface area contributed by atoms with Crippen molar-refractivity contribution in [2.45, 2.75) is 21.9 Å². The number of esters is 1. The molecule has 2 aromatic heterocycles. The molecule has 1 fully saturated rings. The number of non-ortho nitro benzene ring substituents is 1. The Morgan fingerprint density at radius 1 is 0.953 bits per heavy atom. The summed E-state index contributed by atoms with van der Waals surface area (Å²) >= 11 is 7.43. The van der Waals surface area contributed by atoms with Gasteiger partial charge in [-0.05, 0) is 85.0 Å². The van der Waals surface area contributed by atoms with E-state index in [1.54, 1.807) is 24.4 Å². The third-order valence-corrected chi connectivity index (χ3v) is 8.48. The minimum absolute atomic E-state index is 0.0576. The van der Waals surface area contributed by atoms with Crippen molar-refractivity contribution in [2.24, 2.45) is 0 Å². The van der Waals surface area contributed by atoms with Crippen LogP contribution in [0.2, 0.25) is 0 Å². The van der Waals surface area contributed by atoms with Crippen molar-refractivity contribution in [1.29, 1.82) is 0 Å². The standard InChI is InChI=1S/C32H25N5O4S2/c1-41-31(38)25-7-2-3-9-27(25)35-20-6-10-28(35)30-29(26-8-4-5-19-33-26)34-32(42)36(30)21-11-15-23(16-12-21)43-24-17-13-22(14-18-24)37(39)40/h2-20,29-30H,1H3,(H,34,42)/t29-,30-/m1/s1. The Labute approximate surface area is 257 Å². The molecule has 1 aliphatic heterocycles. The molecule has 9 nitrogen and oxygen atoms in total. The quantitative estimate of drug-likeness (QED) is 0.0874. The molecular formula is C32H25N5O4S2. The summed E-state index contributed by atoms with van der Waals surface area (Å²) in [5.41, 5.74) is 3.82. The van der Waals surface area contributed by atoms with Gasteiger partial charge in [-0.25, -0.2) is 4.79 Å². The smallest absolute Gasteiger partial charge is 0.339 e. The second-order valence-corrected chi connectivity index (χ2v) is 11.2. The number of carbonyl (C=O) groups excluding carboxylic acids is 1. The number of para-hydroxylation sites is 1. The molecule has 0 aliphatic carbocycles. The largest absolute Gasteiger partial charge is 0.465 e. The van der Waals surface area contributed by atoms with E-state index in [9.17, 15) is 14.9 Å². The van der Waals surface area contributed by atoms with E-state index in [2.05, 4.69) is 15.2 Å². The molecule has 0 radical (unpaired) electrons. The molecule has 214 valence electrons. The maximum absolute atomic E-state index is 12.7. The lowest BCUT2D eigenvalue weighted by Gasteiger charge is -2.29. The number of nitro benzene ring substituents is 1.